The summed E-state index contributed by atoms with van der Waals surface area (Å²) in [4.78, 5) is 11.5. The van der Waals surface area contributed by atoms with E-state index in [1.807, 2.05) is 30.3 Å². The Kier molecular flexibility index (Phi) is 4.03. The molecule has 1 amide bonds. The van der Waals surface area contributed by atoms with Crippen molar-refractivity contribution in [2.45, 2.75) is 24.1 Å². The molecule has 1 saturated heterocycles. The number of amides is 1. The van der Waals surface area contributed by atoms with Crippen molar-refractivity contribution in [3.63, 3.8) is 0 Å². The molecular formula is C13H15F2NOSe. The van der Waals surface area contributed by atoms with E-state index >= 15 is 0 Å². The Labute approximate surface area is 111 Å². The summed E-state index contributed by atoms with van der Waals surface area (Å²) in [6.07, 6.45) is -0.217. The summed E-state index contributed by atoms with van der Waals surface area (Å²) in [6.45, 7) is 1.30. The van der Waals surface area contributed by atoms with Gasteiger partial charge in [-0.1, -0.05) is 0 Å². The normalized spacial score (nSPS) is 24.1. The first-order valence-corrected chi connectivity index (χ1v) is 7.67. The fourth-order valence-electron chi connectivity index (χ4n) is 2.09. The molecule has 1 aliphatic rings. The van der Waals surface area contributed by atoms with E-state index in [2.05, 4.69) is 5.32 Å². The van der Waals surface area contributed by atoms with Gasteiger partial charge in [0.25, 0.3) is 0 Å². The van der Waals surface area contributed by atoms with Crippen molar-refractivity contribution in [1.82, 2.24) is 5.32 Å². The molecule has 2 atom stereocenters. The molecule has 1 N–H and O–H groups in total. The Morgan fingerprint density at radius 3 is 2.67 bits per heavy atom. The molecule has 0 radical (unpaired) electrons. The van der Waals surface area contributed by atoms with Gasteiger partial charge in [0.1, 0.15) is 0 Å². The summed E-state index contributed by atoms with van der Waals surface area (Å²) in [5.74, 6) is -3.03. The first-order chi connectivity index (χ1) is 8.46. The van der Waals surface area contributed by atoms with E-state index in [0.717, 1.165) is 11.4 Å². The van der Waals surface area contributed by atoms with Crippen LogP contribution in [0.25, 0.3) is 0 Å². The van der Waals surface area contributed by atoms with Gasteiger partial charge in [0.2, 0.25) is 0 Å². The Morgan fingerprint density at radius 2 is 2.06 bits per heavy atom. The van der Waals surface area contributed by atoms with Gasteiger partial charge in [-0.15, -0.1) is 0 Å². The molecule has 0 aromatic heterocycles. The zero-order valence-electron chi connectivity index (χ0n) is 10.0. The number of nitrogens with one attached hydrogen (secondary N) is 1. The Morgan fingerprint density at radius 1 is 1.39 bits per heavy atom. The van der Waals surface area contributed by atoms with E-state index < -0.39 is 5.92 Å². The number of carbonyl (C=O) groups is 1. The van der Waals surface area contributed by atoms with Crippen LogP contribution < -0.4 is 9.78 Å². The molecule has 2 nitrogen and oxygen atoms in total. The van der Waals surface area contributed by atoms with E-state index in [1.165, 1.54) is 0 Å². The third-order valence-corrected chi connectivity index (χ3v) is 5.78. The first-order valence-electron chi connectivity index (χ1n) is 5.83. The molecule has 2 unspecified atom stereocenters. The van der Waals surface area contributed by atoms with Crippen LogP contribution in [-0.2, 0) is 4.79 Å². The van der Waals surface area contributed by atoms with Crippen molar-refractivity contribution >= 4 is 25.3 Å². The molecule has 1 aromatic rings. The Balaban J connectivity index is 2.06. The minimum absolute atomic E-state index is 0.0758. The molecule has 98 valence electrons. The summed E-state index contributed by atoms with van der Waals surface area (Å²) in [5.41, 5.74) is 0. The van der Waals surface area contributed by atoms with Gasteiger partial charge in [-0.3, -0.25) is 0 Å². The third-order valence-electron chi connectivity index (χ3n) is 2.85. The van der Waals surface area contributed by atoms with E-state index in [9.17, 15) is 13.6 Å². The molecular weight excluding hydrogens is 303 g/mol. The number of halogens is 2. The van der Waals surface area contributed by atoms with Gasteiger partial charge in [0.05, 0.1) is 0 Å². The fraction of sp³-hybridized carbons (Fsp3) is 0.462. The number of alkyl halides is 2. The van der Waals surface area contributed by atoms with Crippen molar-refractivity contribution in [1.29, 1.82) is 0 Å². The number of hydrogen-bond acceptors (Lipinski definition) is 1. The van der Waals surface area contributed by atoms with Gasteiger partial charge in [0.15, 0.2) is 0 Å². The summed E-state index contributed by atoms with van der Waals surface area (Å²) in [5, 5.41) is 2.71. The predicted molar refractivity (Wildman–Crippen MR) is 67.3 cm³/mol. The molecule has 1 fully saturated rings. The van der Waals surface area contributed by atoms with Crippen LogP contribution in [0.4, 0.5) is 8.78 Å². The summed E-state index contributed by atoms with van der Waals surface area (Å²) in [6, 6.07) is 9.63. The van der Waals surface area contributed by atoms with Crippen molar-refractivity contribution in [3.8, 4) is 0 Å². The van der Waals surface area contributed by atoms with Crippen molar-refractivity contribution in [2.24, 2.45) is 5.92 Å². The molecule has 0 aliphatic carbocycles. The second-order valence-electron chi connectivity index (χ2n) is 4.63. The van der Waals surface area contributed by atoms with Gasteiger partial charge in [-0.25, -0.2) is 0 Å². The van der Waals surface area contributed by atoms with Gasteiger partial charge in [0, 0.05) is 0 Å². The molecule has 0 bridgehead atoms. The second-order valence-corrected chi connectivity index (χ2v) is 7.18. The fourth-order valence-corrected chi connectivity index (χ4v) is 4.57. The monoisotopic (exact) mass is 319 g/mol. The number of carbonyl (C=O) groups excluding carboxylic acids is 1. The number of rotatable bonds is 4. The number of benzene rings is 1. The summed E-state index contributed by atoms with van der Waals surface area (Å²) < 4.78 is 27.2. The summed E-state index contributed by atoms with van der Waals surface area (Å²) in [7, 11) is 0. The molecule has 2 rings (SSSR count). The van der Waals surface area contributed by atoms with Crippen LogP contribution in [0, 0.1) is 5.92 Å². The maximum atomic E-state index is 13.1. The van der Waals surface area contributed by atoms with Crippen molar-refractivity contribution < 1.29 is 13.6 Å². The van der Waals surface area contributed by atoms with Crippen LogP contribution >= 0.6 is 0 Å². The Bertz CT molecular complexity index is 419. The minimum atomic E-state index is -2.71. The van der Waals surface area contributed by atoms with Crippen LogP contribution in [0.3, 0.4) is 0 Å². The average molecular weight is 318 g/mol. The molecule has 1 heterocycles. The van der Waals surface area contributed by atoms with Crippen LogP contribution in [-0.4, -0.2) is 33.3 Å². The molecule has 18 heavy (non-hydrogen) atoms. The summed E-state index contributed by atoms with van der Waals surface area (Å²) >= 11 is -0.0856. The van der Waals surface area contributed by atoms with Crippen LogP contribution in [0.2, 0.25) is 4.82 Å². The number of hydrogen-bond donors (Lipinski definition) is 1. The third kappa shape index (κ3) is 3.53. The molecule has 0 spiro atoms. The van der Waals surface area contributed by atoms with E-state index in [1.54, 1.807) is 0 Å². The standard InChI is InChI=1S/C13H15F2NOSe/c1-13(14,15)7-9-8-16-12(17)11(9)18-10-5-3-2-4-6-10/h2-6,9,11H,7-8H2,1H3,(H,16,17). The van der Waals surface area contributed by atoms with Crippen molar-refractivity contribution in [3.05, 3.63) is 30.3 Å². The molecule has 1 aliphatic heterocycles. The van der Waals surface area contributed by atoms with Gasteiger partial charge in [-0.05, 0) is 0 Å². The van der Waals surface area contributed by atoms with E-state index in [4.69, 9.17) is 0 Å². The maximum absolute atomic E-state index is 13.1. The van der Waals surface area contributed by atoms with Crippen LogP contribution in [0.15, 0.2) is 30.3 Å². The SMILES string of the molecule is CC(F)(F)CC1CNC(=O)C1[Se]c1ccccc1. The van der Waals surface area contributed by atoms with Crippen molar-refractivity contribution in [2.75, 3.05) is 6.54 Å². The van der Waals surface area contributed by atoms with E-state index in [-0.39, 0.29) is 38.0 Å². The predicted octanol–water partition coefficient (Wildman–Crippen LogP) is 1.60. The zero-order valence-corrected chi connectivity index (χ0v) is 11.7. The first kappa shape index (κ1) is 13.5. The quantitative estimate of drug-likeness (QED) is 0.840. The van der Waals surface area contributed by atoms with Gasteiger partial charge >= 0.3 is 111 Å². The van der Waals surface area contributed by atoms with Gasteiger partial charge in [-0.2, -0.15) is 0 Å². The Hall–Kier alpha value is -0.931. The average Bonchev–Trinajstić information content (AvgIpc) is 2.61. The topological polar surface area (TPSA) is 29.1 Å². The van der Waals surface area contributed by atoms with Gasteiger partial charge < -0.3 is 0 Å². The molecule has 0 saturated carbocycles. The zero-order chi connectivity index (χ0) is 13.2. The van der Waals surface area contributed by atoms with Crippen LogP contribution in [0.5, 0.6) is 0 Å². The van der Waals surface area contributed by atoms with E-state index in [0.29, 0.717) is 6.54 Å². The second kappa shape index (κ2) is 5.37. The molecule has 1 aromatic carbocycles. The molecule has 5 heteroatoms. The van der Waals surface area contributed by atoms with Crippen LogP contribution in [0.1, 0.15) is 13.3 Å².